The number of aromatic nitrogens is 4. The summed E-state index contributed by atoms with van der Waals surface area (Å²) >= 11 is 0. The van der Waals surface area contributed by atoms with Crippen LogP contribution in [0, 0.1) is 0 Å². The quantitative estimate of drug-likeness (QED) is 0.197. The molecule has 220 valence electrons. The number of nitrogens with zero attached hydrogens (tertiary/aromatic N) is 4. The largest absolute Gasteiger partial charge is 0.307 e. The van der Waals surface area contributed by atoms with E-state index in [0.717, 1.165) is 66.9 Å². The zero-order chi connectivity index (χ0) is 30.9. The van der Waals surface area contributed by atoms with Gasteiger partial charge in [-0.3, -0.25) is 4.57 Å². The van der Waals surface area contributed by atoms with Crippen molar-refractivity contribution in [2.24, 2.45) is 0 Å². The minimum absolute atomic E-state index is 0.925. The van der Waals surface area contributed by atoms with Crippen LogP contribution in [0.1, 0.15) is 0 Å². The fourth-order valence-corrected chi connectivity index (χ4v) is 7.53. The van der Waals surface area contributed by atoms with Crippen LogP contribution in [-0.4, -0.2) is 18.7 Å². The molecule has 10 aromatic rings. The molecule has 4 nitrogen and oxygen atoms in total. The maximum Gasteiger partial charge on any atom is 0.145 e. The van der Waals surface area contributed by atoms with Gasteiger partial charge in [-0.15, -0.1) is 0 Å². The number of hydrogen-bond donors (Lipinski definition) is 0. The van der Waals surface area contributed by atoms with Crippen LogP contribution in [0.4, 0.5) is 0 Å². The molecule has 7 aromatic carbocycles. The van der Waals surface area contributed by atoms with Crippen LogP contribution in [0.5, 0.6) is 0 Å². The summed E-state index contributed by atoms with van der Waals surface area (Å²) in [6, 6.07) is 60.3. The summed E-state index contributed by atoms with van der Waals surface area (Å²) < 4.78 is 7.27. The molecule has 0 N–H and O–H groups in total. The van der Waals surface area contributed by atoms with Crippen molar-refractivity contribution in [3.63, 3.8) is 0 Å². The lowest BCUT2D eigenvalue weighted by Crippen LogP contribution is -2.00. The lowest BCUT2D eigenvalue weighted by Gasteiger charge is -2.14. The number of rotatable bonds is 4. The third-order valence-electron chi connectivity index (χ3n) is 9.40. The first-order valence-corrected chi connectivity index (χ1v) is 16.0. The maximum absolute atomic E-state index is 5.62. The SMILES string of the molecule is c1ccc(-c2nc3c4c5ccccc5n(-c5ccccc5)c4c4c(c5ccccc5n4-c4ccccc4)c3n2-c2ccccc2)cc1. The van der Waals surface area contributed by atoms with Crippen molar-refractivity contribution in [1.82, 2.24) is 18.7 Å². The second kappa shape index (κ2) is 10.1. The van der Waals surface area contributed by atoms with Crippen LogP contribution in [-0.2, 0) is 0 Å². The number of para-hydroxylation sites is 5. The lowest BCUT2D eigenvalue weighted by molar-refractivity contribution is 1.11. The monoisotopic (exact) mass is 600 g/mol. The number of benzene rings is 7. The van der Waals surface area contributed by atoms with Crippen molar-refractivity contribution >= 4 is 54.6 Å². The van der Waals surface area contributed by atoms with Crippen LogP contribution in [0.15, 0.2) is 170 Å². The van der Waals surface area contributed by atoms with Gasteiger partial charge in [0.2, 0.25) is 0 Å². The van der Waals surface area contributed by atoms with E-state index in [1.54, 1.807) is 0 Å². The van der Waals surface area contributed by atoms with Crippen molar-refractivity contribution in [2.75, 3.05) is 0 Å². The normalized spacial score (nSPS) is 11.8. The highest BCUT2D eigenvalue weighted by Crippen LogP contribution is 2.48. The molecule has 0 unspecified atom stereocenters. The molecular weight excluding hydrogens is 573 g/mol. The molecule has 0 fully saturated rings. The second-order valence-electron chi connectivity index (χ2n) is 12.0. The summed E-state index contributed by atoms with van der Waals surface area (Å²) in [5, 5.41) is 4.71. The Hall–Kier alpha value is -6.39. The third kappa shape index (κ3) is 3.67. The van der Waals surface area contributed by atoms with Gasteiger partial charge in [0, 0.05) is 44.2 Å². The van der Waals surface area contributed by atoms with Gasteiger partial charge in [-0.2, -0.15) is 0 Å². The molecule has 0 saturated heterocycles. The van der Waals surface area contributed by atoms with Gasteiger partial charge >= 0.3 is 0 Å². The van der Waals surface area contributed by atoms with Crippen molar-refractivity contribution < 1.29 is 0 Å². The minimum atomic E-state index is 0.925. The van der Waals surface area contributed by atoms with E-state index in [1.165, 1.54) is 16.2 Å². The zero-order valence-electron chi connectivity index (χ0n) is 25.5. The summed E-state index contributed by atoms with van der Waals surface area (Å²) in [7, 11) is 0. The molecule has 4 heteroatoms. The molecule has 0 amide bonds. The highest BCUT2D eigenvalue weighted by molar-refractivity contribution is 6.35. The first kappa shape index (κ1) is 25.9. The molecule has 0 aliphatic carbocycles. The fraction of sp³-hybridized carbons (Fsp3) is 0. The predicted molar refractivity (Wildman–Crippen MR) is 195 cm³/mol. The van der Waals surface area contributed by atoms with E-state index in [9.17, 15) is 0 Å². The molecule has 0 spiro atoms. The number of hydrogen-bond acceptors (Lipinski definition) is 1. The van der Waals surface area contributed by atoms with E-state index >= 15 is 0 Å². The highest BCUT2D eigenvalue weighted by Gasteiger charge is 2.29. The van der Waals surface area contributed by atoms with Gasteiger partial charge in [0.1, 0.15) is 11.3 Å². The van der Waals surface area contributed by atoms with Crippen LogP contribution in [0.3, 0.4) is 0 Å². The Kier molecular flexibility index (Phi) is 5.54. The van der Waals surface area contributed by atoms with Gasteiger partial charge in [-0.05, 0) is 48.5 Å². The Bertz CT molecular complexity index is 2750. The Morgan fingerprint density at radius 2 is 0.745 bits per heavy atom. The number of fused-ring (bicyclic) bond motifs is 10. The van der Waals surface area contributed by atoms with Crippen molar-refractivity contribution in [2.45, 2.75) is 0 Å². The predicted octanol–water partition coefficient (Wildman–Crippen LogP) is 10.9. The lowest BCUT2D eigenvalue weighted by atomic mass is 10.1. The summed E-state index contributed by atoms with van der Waals surface area (Å²) in [5.74, 6) is 0.925. The van der Waals surface area contributed by atoms with Crippen molar-refractivity contribution in [1.29, 1.82) is 0 Å². The molecular formula is C43H28N4. The van der Waals surface area contributed by atoms with E-state index in [4.69, 9.17) is 4.98 Å². The second-order valence-corrected chi connectivity index (χ2v) is 12.0. The molecule has 0 aliphatic heterocycles. The van der Waals surface area contributed by atoms with Crippen LogP contribution >= 0.6 is 0 Å². The highest BCUT2D eigenvalue weighted by atomic mass is 15.1. The molecule has 0 atom stereocenters. The first-order valence-electron chi connectivity index (χ1n) is 16.0. The van der Waals surface area contributed by atoms with Gasteiger partial charge in [-0.25, -0.2) is 4.98 Å². The standard InChI is InChI=1S/C43H28N4/c1-5-17-29(18-6-1)43-44-39-37-33-25-13-15-27-35(33)45(30-19-7-2-8-20-30)41(37)42-38(40(39)47(43)32-23-11-4-12-24-32)34-26-14-16-28-36(34)46(42)31-21-9-3-10-22-31/h1-28H. The van der Waals surface area contributed by atoms with E-state index < -0.39 is 0 Å². The molecule has 0 bridgehead atoms. The Morgan fingerprint density at radius 1 is 0.340 bits per heavy atom. The topological polar surface area (TPSA) is 27.7 Å². The molecule has 3 heterocycles. The van der Waals surface area contributed by atoms with Crippen molar-refractivity contribution in [3.8, 4) is 28.5 Å². The molecule has 0 aliphatic rings. The van der Waals surface area contributed by atoms with Gasteiger partial charge in [-0.1, -0.05) is 121 Å². The average molecular weight is 601 g/mol. The summed E-state index contributed by atoms with van der Waals surface area (Å²) in [6.45, 7) is 0. The van der Waals surface area contributed by atoms with Gasteiger partial charge < -0.3 is 9.13 Å². The third-order valence-corrected chi connectivity index (χ3v) is 9.40. The molecule has 47 heavy (non-hydrogen) atoms. The zero-order valence-corrected chi connectivity index (χ0v) is 25.5. The fourth-order valence-electron chi connectivity index (χ4n) is 7.53. The van der Waals surface area contributed by atoms with E-state index in [0.29, 0.717) is 0 Å². The minimum Gasteiger partial charge on any atom is -0.307 e. The van der Waals surface area contributed by atoms with Crippen LogP contribution < -0.4 is 0 Å². The van der Waals surface area contributed by atoms with E-state index in [1.807, 2.05) is 0 Å². The van der Waals surface area contributed by atoms with Gasteiger partial charge in [0.15, 0.2) is 0 Å². The summed E-state index contributed by atoms with van der Waals surface area (Å²) in [6.07, 6.45) is 0. The molecule has 0 radical (unpaired) electrons. The number of imidazole rings is 1. The van der Waals surface area contributed by atoms with Crippen LogP contribution in [0.2, 0.25) is 0 Å². The summed E-state index contributed by atoms with van der Waals surface area (Å²) in [5.41, 5.74) is 11.1. The Labute approximate surface area is 271 Å². The Morgan fingerprint density at radius 3 is 1.28 bits per heavy atom. The molecule has 0 saturated carbocycles. The average Bonchev–Trinajstić information content (AvgIpc) is 3.81. The molecule has 3 aromatic heterocycles. The smallest absolute Gasteiger partial charge is 0.145 e. The van der Waals surface area contributed by atoms with Gasteiger partial charge in [0.25, 0.3) is 0 Å². The molecule has 10 rings (SSSR count). The maximum atomic E-state index is 5.62. The van der Waals surface area contributed by atoms with E-state index in [2.05, 4.69) is 184 Å². The van der Waals surface area contributed by atoms with E-state index in [-0.39, 0.29) is 0 Å². The van der Waals surface area contributed by atoms with Crippen molar-refractivity contribution in [3.05, 3.63) is 170 Å². The first-order chi connectivity index (χ1) is 23.4. The van der Waals surface area contributed by atoms with Gasteiger partial charge in [0.05, 0.1) is 27.6 Å². The summed E-state index contributed by atoms with van der Waals surface area (Å²) in [4.78, 5) is 5.62. The Balaban J connectivity index is 1.58. The van der Waals surface area contributed by atoms with Crippen LogP contribution in [0.25, 0.3) is 83.1 Å².